The summed E-state index contributed by atoms with van der Waals surface area (Å²) in [6, 6.07) is 9.86. The van der Waals surface area contributed by atoms with Crippen LogP contribution in [0.3, 0.4) is 0 Å². The van der Waals surface area contributed by atoms with E-state index in [-0.39, 0.29) is 6.03 Å². The quantitative estimate of drug-likeness (QED) is 0.859. The van der Waals surface area contributed by atoms with E-state index in [1.165, 1.54) is 0 Å². The number of piperazine rings is 1. The zero-order valence-electron chi connectivity index (χ0n) is 11.7. The van der Waals surface area contributed by atoms with Crippen molar-refractivity contribution in [1.82, 2.24) is 15.1 Å². The first-order valence-electron chi connectivity index (χ1n) is 6.99. The molecule has 0 bridgehead atoms. The van der Waals surface area contributed by atoms with Gasteiger partial charge in [0.1, 0.15) is 0 Å². The summed E-state index contributed by atoms with van der Waals surface area (Å²) in [5, 5.41) is 2.81. The van der Waals surface area contributed by atoms with Gasteiger partial charge < -0.3 is 16.0 Å². The Morgan fingerprint density at radius 1 is 1.20 bits per heavy atom. The molecule has 2 rings (SSSR count). The van der Waals surface area contributed by atoms with Crippen molar-refractivity contribution >= 4 is 12.1 Å². The van der Waals surface area contributed by atoms with E-state index < -0.39 is 0 Å². The van der Waals surface area contributed by atoms with Crippen LogP contribution in [0.25, 0.3) is 6.08 Å². The van der Waals surface area contributed by atoms with Gasteiger partial charge in [0.15, 0.2) is 0 Å². The lowest BCUT2D eigenvalue weighted by Gasteiger charge is -2.34. The minimum atomic E-state index is -0.0374. The highest BCUT2D eigenvalue weighted by Crippen LogP contribution is 2.02. The van der Waals surface area contributed by atoms with Crippen LogP contribution in [0, 0.1) is 0 Å². The van der Waals surface area contributed by atoms with Gasteiger partial charge in [-0.2, -0.15) is 0 Å². The maximum absolute atomic E-state index is 12.0. The minimum absolute atomic E-state index is 0.0374. The second-order valence-electron chi connectivity index (χ2n) is 4.81. The second kappa shape index (κ2) is 7.67. The molecule has 0 aromatic heterocycles. The summed E-state index contributed by atoms with van der Waals surface area (Å²) in [5.74, 6) is 0. The van der Waals surface area contributed by atoms with Crippen molar-refractivity contribution in [2.45, 2.75) is 0 Å². The highest BCUT2D eigenvalue weighted by Gasteiger charge is 2.19. The molecule has 20 heavy (non-hydrogen) atoms. The van der Waals surface area contributed by atoms with Gasteiger partial charge in [-0.25, -0.2) is 4.79 Å². The average Bonchev–Trinajstić information content (AvgIpc) is 2.49. The number of amides is 2. The predicted molar refractivity (Wildman–Crippen MR) is 81.1 cm³/mol. The van der Waals surface area contributed by atoms with Gasteiger partial charge >= 0.3 is 6.03 Å². The van der Waals surface area contributed by atoms with Crippen molar-refractivity contribution < 1.29 is 4.79 Å². The van der Waals surface area contributed by atoms with Crippen LogP contribution in [0.5, 0.6) is 0 Å². The van der Waals surface area contributed by atoms with Gasteiger partial charge in [0.25, 0.3) is 0 Å². The first-order valence-corrected chi connectivity index (χ1v) is 6.99. The van der Waals surface area contributed by atoms with E-state index in [0.717, 1.165) is 38.3 Å². The van der Waals surface area contributed by atoms with E-state index in [4.69, 9.17) is 5.73 Å². The highest BCUT2D eigenvalue weighted by molar-refractivity contribution is 5.76. The Labute approximate surface area is 120 Å². The average molecular weight is 274 g/mol. The lowest BCUT2D eigenvalue weighted by atomic mass is 10.2. The van der Waals surface area contributed by atoms with E-state index >= 15 is 0 Å². The Bertz CT molecular complexity index is 438. The molecule has 3 N–H and O–H groups in total. The van der Waals surface area contributed by atoms with Gasteiger partial charge in [0.2, 0.25) is 0 Å². The Morgan fingerprint density at radius 2 is 1.90 bits per heavy atom. The fourth-order valence-corrected chi connectivity index (χ4v) is 2.22. The van der Waals surface area contributed by atoms with Gasteiger partial charge in [0.05, 0.1) is 0 Å². The molecule has 0 saturated carbocycles. The third kappa shape index (κ3) is 4.36. The number of carbonyl (C=O) groups is 1. The molecule has 1 aromatic rings. The minimum Gasteiger partial charge on any atom is -0.329 e. The first-order chi connectivity index (χ1) is 9.79. The van der Waals surface area contributed by atoms with Crippen molar-refractivity contribution in [1.29, 1.82) is 0 Å². The Balaban J connectivity index is 1.74. The second-order valence-corrected chi connectivity index (χ2v) is 4.81. The summed E-state index contributed by atoms with van der Waals surface area (Å²) in [5.41, 5.74) is 6.60. The third-order valence-corrected chi connectivity index (χ3v) is 3.39. The fourth-order valence-electron chi connectivity index (χ4n) is 2.22. The van der Waals surface area contributed by atoms with Gasteiger partial charge in [-0.3, -0.25) is 4.90 Å². The van der Waals surface area contributed by atoms with Crippen LogP contribution in [-0.4, -0.2) is 55.1 Å². The summed E-state index contributed by atoms with van der Waals surface area (Å²) >= 11 is 0. The number of rotatable bonds is 4. The van der Waals surface area contributed by atoms with Crippen molar-refractivity contribution in [3.05, 3.63) is 42.1 Å². The summed E-state index contributed by atoms with van der Waals surface area (Å²) in [6.07, 6.45) is 3.59. The Morgan fingerprint density at radius 3 is 2.55 bits per heavy atom. The van der Waals surface area contributed by atoms with E-state index in [9.17, 15) is 4.79 Å². The number of hydrogen-bond acceptors (Lipinski definition) is 3. The molecule has 0 unspecified atom stereocenters. The smallest absolute Gasteiger partial charge is 0.321 e. The summed E-state index contributed by atoms with van der Waals surface area (Å²) in [7, 11) is 0. The number of carbonyl (C=O) groups excluding carboxylic acids is 1. The monoisotopic (exact) mass is 274 g/mol. The predicted octanol–water partition coefficient (Wildman–Crippen LogP) is 0.943. The molecular formula is C15H22N4O. The van der Waals surface area contributed by atoms with E-state index in [1.54, 1.807) is 6.20 Å². The number of hydrogen-bond donors (Lipinski definition) is 2. The van der Waals surface area contributed by atoms with E-state index in [2.05, 4.69) is 10.2 Å². The molecular weight excluding hydrogens is 252 g/mol. The fraction of sp³-hybridized carbons (Fsp3) is 0.400. The summed E-state index contributed by atoms with van der Waals surface area (Å²) in [6.45, 7) is 4.88. The number of urea groups is 1. The summed E-state index contributed by atoms with van der Waals surface area (Å²) in [4.78, 5) is 16.1. The zero-order valence-corrected chi connectivity index (χ0v) is 11.7. The zero-order chi connectivity index (χ0) is 14.2. The molecule has 0 spiro atoms. The SMILES string of the molecule is NCCN1CCN(C(=O)N/C=C/c2ccccc2)CC1. The molecule has 1 heterocycles. The van der Waals surface area contributed by atoms with E-state index in [0.29, 0.717) is 6.54 Å². The van der Waals surface area contributed by atoms with Gasteiger partial charge in [-0.1, -0.05) is 30.3 Å². The van der Waals surface area contributed by atoms with Crippen LogP contribution < -0.4 is 11.1 Å². The molecule has 1 fully saturated rings. The van der Waals surface area contributed by atoms with Gasteiger partial charge in [-0.15, -0.1) is 0 Å². The number of nitrogens with zero attached hydrogens (tertiary/aromatic N) is 2. The molecule has 1 aliphatic rings. The summed E-state index contributed by atoms with van der Waals surface area (Å²) < 4.78 is 0. The van der Waals surface area contributed by atoms with Crippen LogP contribution in [0.1, 0.15) is 5.56 Å². The molecule has 1 aromatic carbocycles. The van der Waals surface area contributed by atoms with Crippen LogP contribution >= 0.6 is 0 Å². The molecule has 5 nitrogen and oxygen atoms in total. The van der Waals surface area contributed by atoms with Crippen LogP contribution in [0.4, 0.5) is 4.79 Å². The Kier molecular flexibility index (Phi) is 5.58. The normalized spacial score (nSPS) is 16.6. The molecule has 2 amide bonds. The van der Waals surface area contributed by atoms with E-state index in [1.807, 2.05) is 41.3 Å². The highest BCUT2D eigenvalue weighted by atomic mass is 16.2. The molecule has 0 atom stereocenters. The number of nitrogens with one attached hydrogen (secondary N) is 1. The molecule has 0 radical (unpaired) electrons. The van der Waals surface area contributed by atoms with Gasteiger partial charge in [0, 0.05) is 45.5 Å². The lowest BCUT2D eigenvalue weighted by molar-refractivity contribution is 0.143. The van der Waals surface area contributed by atoms with Crippen molar-refractivity contribution in [3.63, 3.8) is 0 Å². The van der Waals surface area contributed by atoms with Crippen molar-refractivity contribution in [2.24, 2.45) is 5.73 Å². The number of nitrogens with two attached hydrogens (primary N) is 1. The number of benzene rings is 1. The Hall–Kier alpha value is -1.85. The maximum atomic E-state index is 12.0. The largest absolute Gasteiger partial charge is 0.329 e. The standard InChI is InChI=1S/C15H22N4O/c16-7-9-18-10-12-19(13-11-18)15(20)17-8-6-14-4-2-1-3-5-14/h1-6,8H,7,9-13,16H2,(H,17,20)/b8-6+. The molecule has 5 heteroatoms. The van der Waals surface area contributed by atoms with Crippen molar-refractivity contribution in [3.8, 4) is 0 Å². The molecule has 0 aliphatic carbocycles. The third-order valence-electron chi connectivity index (χ3n) is 3.39. The molecule has 1 aliphatic heterocycles. The molecule has 1 saturated heterocycles. The topological polar surface area (TPSA) is 61.6 Å². The van der Waals surface area contributed by atoms with Crippen molar-refractivity contribution in [2.75, 3.05) is 39.3 Å². The van der Waals surface area contributed by atoms with Crippen LogP contribution in [0.15, 0.2) is 36.5 Å². The lowest BCUT2D eigenvalue weighted by Crippen LogP contribution is -2.51. The molecule has 108 valence electrons. The van der Waals surface area contributed by atoms with Crippen LogP contribution in [0.2, 0.25) is 0 Å². The van der Waals surface area contributed by atoms with Gasteiger partial charge in [-0.05, 0) is 11.6 Å². The maximum Gasteiger partial charge on any atom is 0.321 e. The first kappa shape index (κ1) is 14.6. The van der Waals surface area contributed by atoms with Crippen LogP contribution in [-0.2, 0) is 0 Å².